The SMILES string of the molecule is O=Cc1ccc(OCc2c(F)cccc2Cl)c(Cl)c1. The third-order valence-electron chi connectivity index (χ3n) is 2.53. The van der Waals surface area contributed by atoms with Gasteiger partial charge in [-0.15, -0.1) is 0 Å². The first-order chi connectivity index (χ1) is 9.11. The predicted molar refractivity (Wildman–Crippen MR) is 72.6 cm³/mol. The second-order valence-electron chi connectivity index (χ2n) is 3.80. The van der Waals surface area contributed by atoms with Crippen LogP contribution in [0.5, 0.6) is 5.75 Å². The van der Waals surface area contributed by atoms with E-state index in [-0.39, 0.29) is 17.2 Å². The highest BCUT2D eigenvalue weighted by molar-refractivity contribution is 6.32. The summed E-state index contributed by atoms with van der Waals surface area (Å²) in [5.74, 6) is -0.0697. The van der Waals surface area contributed by atoms with Crippen molar-refractivity contribution in [3.05, 3.63) is 63.4 Å². The van der Waals surface area contributed by atoms with Gasteiger partial charge < -0.3 is 4.74 Å². The molecule has 0 spiro atoms. The number of carbonyl (C=O) groups is 1. The van der Waals surface area contributed by atoms with Gasteiger partial charge in [0.2, 0.25) is 0 Å². The standard InChI is InChI=1S/C14H9Cl2FO2/c15-11-2-1-3-13(17)10(11)8-19-14-5-4-9(7-18)6-12(14)16/h1-7H,8H2. The van der Waals surface area contributed by atoms with Gasteiger partial charge in [-0.05, 0) is 30.3 Å². The van der Waals surface area contributed by atoms with Crippen LogP contribution in [-0.4, -0.2) is 6.29 Å². The summed E-state index contributed by atoms with van der Waals surface area (Å²) in [7, 11) is 0. The summed E-state index contributed by atoms with van der Waals surface area (Å²) in [4.78, 5) is 10.6. The highest BCUT2D eigenvalue weighted by atomic mass is 35.5. The average molecular weight is 299 g/mol. The van der Waals surface area contributed by atoms with Crippen LogP contribution in [0.25, 0.3) is 0 Å². The average Bonchev–Trinajstić information content (AvgIpc) is 2.39. The van der Waals surface area contributed by atoms with Gasteiger partial charge >= 0.3 is 0 Å². The lowest BCUT2D eigenvalue weighted by atomic mass is 10.2. The van der Waals surface area contributed by atoms with Crippen LogP contribution < -0.4 is 4.74 Å². The van der Waals surface area contributed by atoms with E-state index in [9.17, 15) is 9.18 Å². The normalized spacial score (nSPS) is 10.3. The fourth-order valence-corrected chi connectivity index (χ4v) is 1.99. The highest BCUT2D eigenvalue weighted by Crippen LogP contribution is 2.27. The van der Waals surface area contributed by atoms with Gasteiger partial charge in [-0.2, -0.15) is 0 Å². The predicted octanol–water partition coefficient (Wildman–Crippen LogP) is 4.52. The molecule has 2 nitrogen and oxygen atoms in total. The Morgan fingerprint density at radius 3 is 2.58 bits per heavy atom. The first kappa shape index (κ1) is 13.8. The third-order valence-corrected chi connectivity index (χ3v) is 3.18. The van der Waals surface area contributed by atoms with Crippen molar-refractivity contribution in [3.63, 3.8) is 0 Å². The van der Waals surface area contributed by atoms with E-state index in [0.29, 0.717) is 22.6 Å². The molecule has 98 valence electrons. The number of benzene rings is 2. The minimum absolute atomic E-state index is 0.0360. The van der Waals surface area contributed by atoms with E-state index in [1.807, 2.05) is 0 Å². The zero-order chi connectivity index (χ0) is 13.8. The number of hydrogen-bond acceptors (Lipinski definition) is 2. The van der Waals surface area contributed by atoms with Crippen LogP contribution in [0.1, 0.15) is 15.9 Å². The summed E-state index contributed by atoms with van der Waals surface area (Å²) in [5.41, 5.74) is 0.709. The van der Waals surface area contributed by atoms with Gasteiger partial charge in [-0.25, -0.2) is 4.39 Å². The van der Waals surface area contributed by atoms with Gasteiger partial charge in [0.25, 0.3) is 0 Å². The van der Waals surface area contributed by atoms with Crippen molar-refractivity contribution in [2.75, 3.05) is 0 Å². The summed E-state index contributed by atoms with van der Waals surface area (Å²) >= 11 is 11.8. The molecule has 19 heavy (non-hydrogen) atoms. The van der Waals surface area contributed by atoms with Gasteiger partial charge in [-0.1, -0.05) is 29.3 Å². The van der Waals surface area contributed by atoms with E-state index in [1.165, 1.54) is 18.2 Å². The van der Waals surface area contributed by atoms with Crippen molar-refractivity contribution in [3.8, 4) is 5.75 Å². The number of rotatable bonds is 4. The molecule has 2 rings (SSSR count). The number of hydrogen-bond donors (Lipinski definition) is 0. The quantitative estimate of drug-likeness (QED) is 0.776. The zero-order valence-corrected chi connectivity index (χ0v) is 11.2. The van der Waals surface area contributed by atoms with Gasteiger partial charge in [0.15, 0.2) is 0 Å². The Bertz CT molecular complexity index is 594. The van der Waals surface area contributed by atoms with Crippen LogP contribution >= 0.6 is 23.2 Å². The van der Waals surface area contributed by atoms with E-state index in [0.717, 1.165) is 0 Å². The molecule has 0 unspecified atom stereocenters. The van der Waals surface area contributed by atoms with E-state index in [4.69, 9.17) is 27.9 Å². The molecule has 0 bridgehead atoms. The van der Waals surface area contributed by atoms with E-state index in [1.54, 1.807) is 18.2 Å². The van der Waals surface area contributed by atoms with Gasteiger partial charge in [0.05, 0.1) is 10.0 Å². The largest absolute Gasteiger partial charge is 0.487 e. The van der Waals surface area contributed by atoms with Crippen LogP contribution in [0.15, 0.2) is 36.4 Å². The van der Waals surface area contributed by atoms with Gasteiger partial charge in [-0.3, -0.25) is 4.79 Å². The van der Waals surface area contributed by atoms with E-state index < -0.39 is 5.82 Å². The molecule has 0 amide bonds. The second-order valence-corrected chi connectivity index (χ2v) is 4.61. The molecule has 0 aliphatic rings. The van der Waals surface area contributed by atoms with Crippen molar-refractivity contribution in [1.29, 1.82) is 0 Å². The molecule has 0 saturated heterocycles. The Morgan fingerprint density at radius 1 is 1.16 bits per heavy atom. The third kappa shape index (κ3) is 3.25. The van der Waals surface area contributed by atoms with Crippen LogP contribution in [0, 0.1) is 5.82 Å². The maximum Gasteiger partial charge on any atom is 0.150 e. The van der Waals surface area contributed by atoms with Gasteiger partial charge in [0.1, 0.15) is 24.5 Å². The van der Waals surface area contributed by atoms with Crippen molar-refractivity contribution in [1.82, 2.24) is 0 Å². The van der Waals surface area contributed by atoms with Crippen LogP contribution in [0.4, 0.5) is 4.39 Å². The summed E-state index contributed by atoms with van der Waals surface area (Å²) in [6.45, 7) is -0.0360. The first-order valence-electron chi connectivity index (χ1n) is 5.42. The maximum absolute atomic E-state index is 13.5. The maximum atomic E-state index is 13.5. The Labute approximate surface area is 119 Å². The Balaban J connectivity index is 2.17. The van der Waals surface area contributed by atoms with Crippen molar-refractivity contribution < 1.29 is 13.9 Å². The number of carbonyl (C=O) groups excluding carboxylic acids is 1. The lowest BCUT2D eigenvalue weighted by molar-refractivity contribution is 0.112. The lowest BCUT2D eigenvalue weighted by Crippen LogP contribution is -2.00. The first-order valence-corrected chi connectivity index (χ1v) is 6.18. The van der Waals surface area contributed by atoms with Crippen LogP contribution in [-0.2, 0) is 6.61 Å². The van der Waals surface area contributed by atoms with Crippen LogP contribution in [0.3, 0.4) is 0 Å². The molecule has 2 aromatic rings. The number of halogens is 3. The molecule has 0 atom stereocenters. The Kier molecular flexibility index (Phi) is 4.40. The topological polar surface area (TPSA) is 26.3 Å². The van der Waals surface area contributed by atoms with E-state index in [2.05, 4.69) is 0 Å². The second kappa shape index (κ2) is 6.04. The molecular weight excluding hydrogens is 290 g/mol. The Morgan fingerprint density at radius 2 is 1.95 bits per heavy atom. The van der Waals surface area contributed by atoms with Crippen LogP contribution in [0.2, 0.25) is 10.0 Å². The smallest absolute Gasteiger partial charge is 0.150 e. The van der Waals surface area contributed by atoms with Crippen molar-refractivity contribution in [2.24, 2.45) is 0 Å². The molecule has 0 radical (unpaired) electrons. The minimum atomic E-state index is -0.437. The molecule has 5 heteroatoms. The molecule has 0 aliphatic heterocycles. The fourth-order valence-electron chi connectivity index (χ4n) is 1.53. The van der Waals surface area contributed by atoms with E-state index >= 15 is 0 Å². The molecule has 2 aromatic carbocycles. The Hall–Kier alpha value is -1.58. The van der Waals surface area contributed by atoms with Gasteiger partial charge in [0, 0.05) is 11.1 Å². The molecule has 0 N–H and O–H groups in total. The zero-order valence-electron chi connectivity index (χ0n) is 9.70. The lowest BCUT2D eigenvalue weighted by Gasteiger charge is -2.10. The molecule has 0 fully saturated rings. The highest BCUT2D eigenvalue weighted by Gasteiger charge is 2.09. The summed E-state index contributed by atoms with van der Waals surface area (Å²) in [5, 5.41) is 0.581. The monoisotopic (exact) mass is 298 g/mol. The fraction of sp³-hybridized carbons (Fsp3) is 0.0714. The minimum Gasteiger partial charge on any atom is -0.487 e. The molecule has 0 heterocycles. The molecule has 0 aliphatic carbocycles. The van der Waals surface area contributed by atoms with Crippen molar-refractivity contribution >= 4 is 29.5 Å². The summed E-state index contributed by atoms with van der Waals surface area (Å²) < 4.78 is 18.9. The molecular formula is C14H9Cl2FO2. The molecule has 0 aromatic heterocycles. The summed E-state index contributed by atoms with van der Waals surface area (Å²) in [6.07, 6.45) is 0.684. The summed E-state index contributed by atoms with van der Waals surface area (Å²) in [6, 6.07) is 9.01. The number of aldehydes is 1. The van der Waals surface area contributed by atoms with Crippen molar-refractivity contribution in [2.45, 2.75) is 6.61 Å². The number of ether oxygens (including phenoxy) is 1. The molecule has 0 saturated carbocycles.